The molecule has 0 nitrogen and oxygen atoms in total. The Morgan fingerprint density at radius 2 is 1.83 bits per heavy atom. The van der Waals surface area contributed by atoms with Gasteiger partial charge in [0.1, 0.15) is 0 Å². The third-order valence-corrected chi connectivity index (χ3v) is 3.82. The highest BCUT2D eigenvalue weighted by Gasteiger charge is 2.12. The van der Waals surface area contributed by atoms with Crippen LogP contribution in [-0.2, 0) is 6.42 Å². The normalized spacial score (nSPS) is 14.6. The average Bonchev–Trinajstić information content (AvgIpc) is 2.36. The molecule has 0 heterocycles. The fraction of sp³-hybridized carbons (Fsp3) is 0.556. The first kappa shape index (κ1) is 15.0. The van der Waals surface area contributed by atoms with Crippen molar-refractivity contribution >= 4 is 0 Å². The molecule has 0 heteroatoms. The van der Waals surface area contributed by atoms with Gasteiger partial charge < -0.3 is 0 Å². The predicted octanol–water partition coefficient (Wildman–Crippen LogP) is 5.69. The Morgan fingerprint density at radius 3 is 2.33 bits per heavy atom. The van der Waals surface area contributed by atoms with Gasteiger partial charge in [-0.3, -0.25) is 0 Å². The van der Waals surface area contributed by atoms with Gasteiger partial charge in [0, 0.05) is 0 Å². The molecule has 1 aromatic rings. The highest BCUT2D eigenvalue weighted by molar-refractivity contribution is 5.37. The van der Waals surface area contributed by atoms with Gasteiger partial charge in [0.2, 0.25) is 0 Å². The largest absolute Gasteiger partial charge is 0.102 e. The topological polar surface area (TPSA) is 0 Å². The third kappa shape index (κ3) is 3.73. The van der Waals surface area contributed by atoms with Gasteiger partial charge in [0.15, 0.2) is 0 Å². The van der Waals surface area contributed by atoms with Gasteiger partial charge in [-0.1, -0.05) is 58.9 Å². The summed E-state index contributed by atoms with van der Waals surface area (Å²) < 4.78 is 0. The molecule has 100 valence electrons. The number of benzene rings is 1. The van der Waals surface area contributed by atoms with E-state index >= 15 is 0 Å². The quantitative estimate of drug-likeness (QED) is 0.564. The number of hydrogen-bond acceptors (Lipinski definition) is 0. The SMILES string of the molecule is C=CC(C)c1ccc(C(C)CC)c(CC(C)C)c1. The van der Waals surface area contributed by atoms with E-state index in [4.69, 9.17) is 0 Å². The fourth-order valence-electron chi connectivity index (χ4n) is 2.36. The molecule has 0 aliphatic heterocycles. The van der Waals surface area contributed by atoms with Crippen molar-refractivity contribution in [2.24, 2.45) is 5.92 Å². The lowest BCUT2D eigenvalue weighted by atomic mass is 9.86. The van der Waals surface area contributed by atoms with Crippen LogP contribution in [0.2, 0.25) is 0 Å². The van der Waals surface area contributed by atoms with Gasteiger partial charge in [0.25, 0.3) is 0 Å². The zero-order valence-corrected chi connectivity index (χ0v) is 12.7. The van der Waals surface area contributed by atoms with Crippen molar-refractivity contribution in [3.8, 4) is 0 Å². The Hall–Kier alpha value is -1.04. The molecular weight excluding hydrogens is 216 g/mol. The second-order valence-corrected chi connectivity index (χ2v) is 5.89. The van der Waals surface area contributed by atoms with Crippen LogP contribution in [0.3, 0.4) is 0 Å². The summed E-state index contributed by atoms with van der Waals surface area (Å²) in [5.41, 5.74) is 4.46. The minimum atomic E-state index is 0.446. The van der Waals surface area contributed by atoms with E-state index in [0.717, 1.165) is 0 Å². The molecule has 0 saturated heterocycles. The number of rotatable bonds is 6. The van der Waals surface area contributed by atoms with Gasteiger partial charge in [-0.15, -0.1) is 6.58 Å². The van der Waals surface area contributed by atoms with Crippen LogP contribution in [0, 0.1) is 5.92 Å². The van der Waals surface area contributed by atoms with E-state index in [2.05, 4.69) is 59.4 Å². The Balaban J connectivity index is 3.15. The van der Waals surface area contributed by atoms with Gasteiger partial charge in [-0.05, 0) is 47.3 Å². The molecule has 0 aliphatic rings. The molecule has 0 spiro atoms. The second-order valence-electron chi connectivity index (χ2n) is 5.89. The molecule has 0 bridgehead atoms. The molecule has 2 atom stereocenters. The molecule has 18 heavy (non-hydrogen) atoms. The molecule has 0 aromatic heterocycles. The van der Waals surface area contributed by atoms with Crippen molar-refractivity contribution in [3.05, 3.63) is 47.5 Å². The van der Waals surface area contributed by atoms with E-state index in [1.807, 2.05) is 6.08 Å². The van der Waals surface area contributed by atoms with Gasteiger partial charge in [-0.25, -0.2) is 0 Å². The highest BCUT2D eigenvalue weighted by atomic mass is 14.2. The lowest BCUT2D eigenvalue weighted by Crippen LogP contribution is -2.04. The third-order valence-electron chi connectivity index (χ3n) is 3.82. The molecular formula is C18H28. The number of allylic oxidation sites excluding steroid dienone is 1. The van der Waals surface area contributed by atoms with Crippen LogP contribution in [0.4, 0.5) is 0 Å². The first-order valence-corrected chi connectivity index (χ1v) is 7.24. The molecule has 0 aliphatic carbocycles. The van der Waals surface area contributed by atoms with E-state index in [1.54, 1.807) is 0 Å². The van der Waals surface area contributed by atoms with Crippen molar-refractivity contribution in [2.75, 3.05) is 0 Å². The van der Waals surface area contributed by atoms with E-state index in [0.29, 0.717) is 17.8 Å². The molecule has 2 unspecified atom stereocenters. The Bertz CT molecular complexity index is 387. The summed E-state index contributed by atoms with van der Waals surface area (Å²) in [6.45, 7) is 15.3. The Labute approximate surface area is 113 Å². The average molecular weight is 244 g/mol. The maximum absolute atomic E-state index is 3.90. The van der Waals surface area contributed by atoms with Crippen molar-refractivity contribution in [3.63, 3.8) is 0 Å². The standard InChI is InChI=1S/C18H28/c1-7-14(5)16-9-10-18(15(6)8-2)17(12-16)11-13(3)4/h7,9-10,12-15H,1,8,11H2,2-6H3. The van der Waals surface area contributed by atoms with Crippen molar-refractivity contribution in [1.82, 2.24) is 0 Å². The van der Waals surface area contributed by atoms with Crippen LogP contribution in [0.5, 0.6) is 0 Å². The smallest absolute Gasteiger partial charge is 0.00130 e. The molecule has 1 aromatic carbocycles. The van der Waals surface area contributed by atoms with Crippen LogP contribution in [0.25, 0.3) is 0 Å². The lowest BCUT2D eigenvalue weighted by molar-refractivity contribution is 0.629. The summed E-state index contributed by atoms with van der Waals surface area (Å²) in [6.07, 6.45) is 4.41. The summed E-state index contributed by atoms with van der Waals surface area (Å²) in [5, 5.41) is 0. The van der Waals surface area contributed by atoms with Crippen molar-refractivity contribution in [2.45, 2.75) is 59.3 Å². The minimum absolute atomic E-state index is 0.446. The first-order chi connectivity index (χ1) is 8.49. The zero-order valence-electron chi connectivity index (χ0n) is 12.7. The highest BCUT2D eigenvalue weighted by Crippen LogP contribution is 2.28. The van der Waals surface area contributed by atoms with Crippen molar-refractivity contribution < 1.29 is 0 Å². The summed E-state index contributed by atoms with van der Waals surface area (Å²) in [5.74, 6) is 1.82. The molecule has 0 saturated carbocycles. The Morgan fingerprint density at radius 1 is 1.17 bits per heavy atom. The second kappa shape index (κ2) is 6.78. The van der Waals surface area contributed by atoms with Crippen LogP contribution < -0.4 is 0 Å². The summed E-state index contributed by atoms with van der Waals surface area (Å²) >= 11 is 0. The molecule has 1 rings (SSSR count). The molecule has 0 N–H and O–H groups in total. The maximum atomic E-state index is 3.90. The van der Waals surface area contributed by atoms with Gasteiger partial charge in [-0.2, -0.15) is 0 Å². The monoisotopic (exact) mass is 244 g/mol. The minimum Gasteiger partial charge on any atom is -0.102 e. The van der Waals surface area contributed by atoms with Gasteiger partial charge in [0.05, 0.1) is 0 Å². The van der Waals surface area contributed by atoms with E-state index in [1.165, 1.54) is 29.5 Å². The Kier molecular flexibility index (Phi) is 5.65. The predicted molar refractivity (Wildman–Crippen MR) is 82.3 cm³/mol. The molecule has 0 amide bonds. The maximum Gasteiger partial charge on any atom is -0.00130 e. The lowest BCUT2D eigenvalue weighted by Gasteiger charge is -2.19. The van der Waals surface area contributed by atoms with Crippen LogP contribution in [0.1, 0.15) is 69.6 Å². The van der Waals surface area contributed by atoms with E-state index in [-0.39, 0.29) is 0 Å². The zero-order chi connectivity index (χ0) is 13.7. The molecule has 0 radical (unpaired) electrons. The van der Waals surface area contributed by atoms with Crippen LogP contribution >= 0.6 is 0 Å². The van der Waals surface area contributed by atoms with Crippen molar-refractivity contribution in [1.29, 1.82) is 0 Å². The summed E-state index contributed by atoms with van der Waals surface area (Å²) in [6, 6.07) is 7.01. The van der Waals surface area contributed by atoms with E-state index in [9.17, 15) is 0 Å². The first-order valence-electron chi connectivity index (χ1n) is 7.24. The summed E-state index contributed by atoms with van der Waals surface area (Å²) in [4.78, 5) is 0. The van der Waals surface area contributed by atoms with Gasteiger partial charge >= 0.3 is 0 Å². The fourth-order valence-corrected chi connectivity index (χ4v) is 2.36. The summed E-state index contributed by atoms with van der Waals surface area (Å²) in [7, 11) is 0. The van der Waals surface area contributed by atoms with Crippen LogP contribution in [-0.4, -0.2) is 0 Å². The molecule has 0 fully saturated rings. The number of hydrogen-bond donors (Lipinski definition) is 0. The van der Waals surface area contributed by atoms with E-state index < -0.39 is 0 Å². The van der Waals surface area contributed by atoms with Crippen LogP contribution in [0.15, 0.2) is 30.9 Å².